The Hall–Kier alpha value is -1.60. The van der Waals surface area contributed by atoms with Crippen molar-refractivity contribution in [1.29, 1.82) is 0 Å². The average Bonchev–Trinajstić information content (AvgIpc) is 2.93. The Morgan fingerprint density at radius 3 is 2.38 bits per heavy atom. The van der Waals surface area contributed by atoms with Crippen molar-refractivity contribution in [1.82, 2.24) is 4.90 Å². The molecule has 1 unspecified atom stereocenters. The van der Waals surface area contributed by atoms with Crippen LogP contribution in [0.25, 0.3) is 0 Å². The van der Waals surface area contributed by atoms with E-state index in [4.69, 9.17) is 14.4 Å². The van der Waals surface area contributed by atoms with Gasteiger partial charge < -0.3 is 14.4 Å². The molecule has 0 saturated carbocycles. The first-order valence-corrected chi connectivity index (χ1v) is 8.12. The second kappa shape index (κ2) is 5.20. The zero-order valence-electron chi connectivity index (χ0n) is 14.7. The smallest absolute Gasteiger partial charge is 0.465 e. The lowest BCUT2D eigenvalue weighted by Gasteiger charge is -2.32. The Morgan fingerprint density at radius 1 is 1.25 bits per heavy atom. The standard InChI is InChI=1S/C17H23BFNO4/c1-15(2)16(3,4)24-18(23-15)12-6-7-13-11(10-12)8-9-17(13,19)20(5)14(21)22/h6-7,10H,8-9H2,1-5H3,(H,21,22). The molecule has 1 N–H and O–H groups in total. The van der Waals surface area contributed by atoms with Crippen molar-refractivity contribution in [3.8, 4) is 0 Å². The predicted molar refractivity (Wildman–Crippen MR) is 89.1 cm³/mol. The van der Waals surface area contributed by atoms with Gasteiger partial charge in [-0.2, -0.15) is 0 Å². The molecule has 7 heteroatoms. The molecular formula is C17H23BFNO4. The van der Waals surface area contributed by atoms with Crippen LogP contribution in [0.1, 0.15) is 45.2 Å². The molecule has 1 fully saturated rings. The van der Waals surface area contributed by atoms with Crippen LogP contribution >= 0.6 is 0 Å². The largest absolute Gasteiger partial charge is 0.494 e. The van der Waals surface area contributed by atoms with Gasteiger partial charge in [0.1, 0.15) is 0 Å². The lowest BCUT2D eigenvalue weighted by atomic mass is 9.77. The molecule has 1 aromatic carbocycles. The molecule has 3 rings (SSSR count). The van der Waals surface area contributed by atoms with Crippen molar-refractivity contribution in [2.75, 3.05) is 7.05 Å². The van der Waals surface area contributed by atoms with E-state index in [1.165, 1.54) is 7.05 Å². The van der Waals surface area contributed by atoms with Gasteiger partial charge in [0.25, 0.3) is 0 Å². The van der Waals surface area contributed by atoms with Crippen molar-refractivity contribution >= 4 is 18.7 Å². The lowest BCUT2D eigenvalue weighted by molar-refractivity contribution is -0.00749. The van der Waals surface area contributed by atoms with Crippen LogP contribution in [0.3, 0.4) is 0 Å². The Kier molecular flexibility index (Phi) is 3.73. The summed E-state index contributed by atoms with van der Waals surface area (Å²) in [5.74, 6) is -1.98. The summed E-state index contributed by atoms with van der Waals surface area (Å²) in [4.78, 5) is 11.9. The summed E-state index contributed by atoms with van der Waals surface area (Å²) in [6.45, 7) is 7.92. The molecule has 130 valence electrons. The number of hydrogen-bond acceptors (Lipinski definition) is 3. The zero-order valence-corrected chi connectivity index (χ0v) is 14.7. The van der Waals surface area contributed by atoms with Gasteiger partial charge in [0, 0.05) is 19.0 Å². The van der Waals surface area contributed by atoms with Gasteiger partial charge in [-0.3, -0.25) is 4.90 Å². The highest BCUT2D eigenvalue weighted by Crippen LogP contribution is 2.42. The maximum absolute atomic E-state index is 15.2. The van der Waals surface area contributed by atoms with E-state index < -0.39 is 30.2 Å². The van der Waals surface area contributed by atoms with Gasteiger partial charge in [0.05, 0.1) is 11.2 Å². The van der Waals surface area contributed by atoms with E-state index in [1.807, 2.05) is 33.8 Å². The fourth-order valence-electron chi connectivity index (χ4n) is 3.25. The van der Waals surface area contributed by atoms with E-state index in [9.17, 15) is 4.79 Å². The molecular weight excluding hydrogens is 312 g/mol. The monoisotopic (exact) mass is 335 g/mol. The number of hydrogen-bond donors (Lipinski definition) is 1. The maximum atomic E-state index is 15.2. The predicted octanol–water partition coefficient (Wildman–Crippen LogP) is 2.66. The Labute approximate surface area is 141 Å². The molecule has 1 aliphatic carbocycles. The van der Waals surface area contributed by atoms with E-state index in [1.54, 1.807) is 12.1 Å². The first kappa shape index (κ1) is 17.2. The van der Waals surface area contributed by atoms with Crippen LogP contribution < -0.4 is 5.46 Å². The molecule has 1 amide bonds. The van der Waals surface area contributed by atoms with E-state index in [-0.39, 0.29) is 6.42 Å². The average molecular weight is 335 g/mol. The molecule has 2 aliphatic rings. The highest BCUT2D eigenvalue weighted by Gasteiger charge is 2.52. The molecule has 0 bridgehead atoms. The number of rotatable bonds is 2. The zero-order chi connectivity index (χ0) is 17.9. The van der Waals surface area contributed by atoms with Gasteiger partial charge in [-0.05, 0) is 45.1 Å². The fourth-order valence-corrected chi connectivity index (χ4v) is 3.25. The van der Waals surface area contributed by atoms with Gasteiger partial charge in [-0.25, -0.2) is 9.18 Å². The summed E-state index contributed by atoms with van der Waals surface area (Å²) in [5.41, 5.74) is 1.16. The number of carboxylic acid groups (broad SMARTS) is 1. The Morgan fingerprint density at radius 2 is 1.83 bits per heavy atom. The molecule has 1 atom stereocenters. The van der Waals surface area contributed by atoms with Crippen molar-refractivity contribution < 1.29 is 23.6 Å². The SMILES string of the molecule is CN(C(=O)O)C1(F)CCc2cc(B3OC(C)(C)C(C)(C)O3)ccc21. The molecule has 5 nitrogen and oxygen atoms in total. The number of nitrogens with zero attached hydrogens (tertiary/aromatic N) is 1. The number of amides is 1. The molecule has 1 aliphatic heterocycles. The van der Waals surface area contributed by atoms with Crippen LogP contribution in [0.15, 0.2) is 18.2 Å². The van der Waals surface area contributed by atoms with Crippen molar-refractivity contribution in [3.63, 3.8) is 0 Å². The number of benzene rings is 1. The van der Waals surface area contributed by atoms with Gasteiger partial charge in [0.15, 0.2) is 0 Å². The maximum Gasteiger partial charge on any atom is 0.494 e. The van der Waals surface area contributed by atoms with Crippen molar-refractivity contribution in [3.05, 3.63) is 29.3 Å². The van der Waals surface area contributed by atoms with Gasteiger partial charge in [-0.15, -0.1) is 0 Å². The molecule has 1 heterocycles. The minimum absolute atomic E-state index is 0.123. The second-order valence-electron chi connectivity index (χ2n) is 7.61. The van der Waals surface area contributed by atoms with Gasteiger partial charge in [-0.1, -0.05) is 18.2 Å². The molecule has 0 aromatic heterocycles. The summed E-state index contributed by atoms with van der Waals surface area (Å²) in [7, 11) is 0.756. The number of aryl methyl sites for hydroxylation is 1. The fraction of sp³-hybridized carbons (Fsp3) is 0.588. The van der Waals surface area contributed by atoms with E-state index >= 15 is 4.39 Å². The van der Waals surface area contributed by atoms with Crippen LogP contribution in [0.2, 0.25) is 0 Å². The molecule has 24 heavy (non-hydrogen) atoms. The third-order valence-corrected chi connectivity index (χ3v) is 5.61. The van der Waals surface area contributed by atoms with Crippen molar-refractivity contribution in [2.24, 2.45) is 0 Å². The molecule has 0 spiro atoms. The minimum Gasteiger partial charge on any atom is -0.465 e. The topological polar surface area (TPSA) is 59.0 Å². The number of alkyl halides is 1. The van der Waals surface area contributed by atoms with E-state index in [0.717, 1.165) is 15.9 Å². The second-order valence-corrected chi connectivity index (χ2v) is 7.61. The summed E-state index contributed by atoms with van der Waals surface area (Å²) in [6.07, 6.45) is -0.672. The number of halogens is 1. The van der Waals surface area contributed by atoms with Gasteiger partial charge in [0.2, 0.25) is 5.79 Å². The summed E-state index contributed by atoms with van der Waals surface area (Å²) in [6, 6.07) is 5.28. The van der Waals surface area contributed by atoms with Crippen LogP contribution in [-0.2, 0) is 21.5 Å². The third kappa shape index (κ3) is 2.42. The number of fused-ring (bicyclic) bond motifs is 1. The summed E-state index contributed by atoms with van der Waals surface area (Å²) < 4.78 is 27.2. The van der Waals surface area contributed by atoms with Crippen LogP contribution in [-0.4, -0.2) is 41.5 Å². The van der Waals surface area contributed by atoms with Crippen LogP contribution in [0.5, 0.6) is 0 Å². The molecule has 1 saturated heterocycles. The number of carbonyl (C=O) groups is 1. The lowest BCUT2D eigenvalue weighted by Crippen LogP contribution is -2.42. The Bertz CT molecular complexity index is 677. The highest BCUT2D eigenvalue weighted by molar-refractivity contribution is 6.62. The quantitative estimate of drug-likeness (QED) is 0.667. The normalized spacial score (nSPS) is 27.2. The Balaban J connectivity index is 1.91. The first-order chi connectivity index (χ1) is 11.0. The minimum atomic E-state index is -1.98. The van der Waals surface area contributed by atoms with E-state index in [2.05, 4.69) is 0 Å². The third-order valence-electron chi connectivity index (χ3n) is 5.61. The van der Waals surface area contributed by atoms with Crippen molar-refractivity contribution in [2.45, 2.75) is 57.5 Å². The molecule has 1 aromatic rings. The molecule has 0 radical (unpaired) electrons. The summed E-state index contributed by atoms with van der Waals surface area (Å²) in [5, 5.41) is 9.12. The highest BCUT2D eigenvalue weighted by atomic mass is 19.1. The van der Waals surface area contributed by atoms with E-state index in [0.29, 0.717) is 12.0 Å². The first-order valence-electron chi connectivity index (χ1n) is 8.12. The summed E-state index contributed by atoms with van der Waals surface area (Å²) >= 11 is 0. The van der Waals surface area contributed by atoms with Crippen LogP contribution in [0, 0.1) is 0 Å². The van der Waals surface area contributed by atoms with Gasteiger partial charge >= 0.3 is 13.2 Å². The van der Waals surface area contributed by atoms with Crippen LogP contribution in [0.4, 0.5) is 9.18 Å².